The summed E-state index contributed by atoms with van der Waals surface area (Å²) in [5.41, 5.74) is 3.35. The molecule has 0 aromatic heterocycles. The van der Waals surface area contributed by atoms with E-state index in [4.69, 9.17) is 25.8 Å². The van der Waals surface area contributed by atoms with Crippen LogP contribution in [0.1, 0.15) is 36.5 Å². The largest absolute Gasteiger partial charge is 0.493 e. The maximum absolute atomic E-state index is 10.1. The van der Waals surface area contributed by atoms with Crippen LogP contribution in [-0.4, -0.2) is 30.1 Å². The first-order valence-electron chi connectivity index (χ1n) is 12.2. The van der Waals surface area contributed by atoms with E-state index in [0.29, 0.717) is 19.0 Å². The summed E-state index contributed by atoms with van der Waals surface area (Å²) in [5, 5.41) is 2.61. The summed E-state index contributed by atoms with van der Waals surface area (Å²) >= 11 is 7.11. The van der Waals surface area contributed by atoms with Gasteiger partial charge in [0.05, 0.1) is 19.0 Å². The van der Waals surface area contributed by atoms with Crippen molar-refractivity contribution in [3.8, 4) is 23.0 Å². The standard InChI is InChI=1S/C26H29ClO3.C3H3NO2S/c1-4-7-21-18-24(30-23-10-12-25(27)20(3)17-23)11-13-26(21)29-15-6-14-28-22-9-5-8-19(2)16-22;5-2-1-7-3(6)4-2/h5,8-13,16-18H,4,6-7,14-15H2,1-3H3;1H2,(H,4,5,6). The molecule has 8 heteroatoms. The molecule has 3 aromatic rings. The molecule has 3 aromatic carbocycles. The molecule has 0 bridgehead atoms. The van der Waals surface area contributed by atoms with Gasteiger partial charge in [0, 0.05) is 11.4 Å². The summed E-state index contributed by atoms with van der Waals surface area (Å²) in [4.78, 5) is 20.2. The Morgan fingerprint density at radius 1 is 0.919 bits per heavy atom. The fourth-order valence-electron chi connectivity index (χ4n) is 3.49. The fourth-order valence-corrected chi connectivity index (χ4v) is 4.13. The molecular formula is C29H32ClNO5S. The number of benzene rings is 3. The Labute approximate surface area is 227 Å². The number of carbonyl (C=O) groups is 2. The van der Waals surface area contributed by atoms with Crippen LogP contribution in [0.15, 0.2) is 60.7 Å². The number of thioether (sulfide) groups is 1. The van der Waals surface area contributed by atoms with Crippen LogP contribution < -0.4 is 19.5 Å². The molecule has 0 atom stereocenters. The maximum atomic E-state index is 10.1. The van der Waals surface area contributed by atoms with Gasteiger partial charge in [0.2, 0.25) is 5.91 Å². The van der Waals surface area contributed by atoms with E-state index in [1.807, 2.05) is 55.5 Å². The molecule has 1 fully saturated rings. The van der Waals surface area contributed by atoms with Crippen molar-refractivity contribution in [1.29, 1.82) is 0 Å². The molecule has 0 unspecified atom stereocenters. The van der Waals surface area contributed by atoms with Crippen LogP contribution in [0.25, 0.3) is 0 Å². The third-order valence-electron chi connectivity index (χ3n) is 5.30. The molecule has 0 spiro atoms. The average molecular weight is 542 g/mol. The van der Waals surface area contributed by atoms with E-state index in [0.717, 1.165) is 70.2 Å². The third kappa shape index (κ3) is 9.67. The summed E-state index contributed by atoms with van der Waals surface area (Å²) in [7, 11) is 0. The minimum absolute atomic E-state index is 0.185. The van der Waals surface area contributed by atoms with E-state index in [1.54, 1.807) is 0 Å². The van der Waals surface area contributed by atoms with Gasteiger partial charge in [-0.2, -0.15) is 0 Å². The first kappa shape index (κ1) is 28.4. The van der Waals surface area contributed by atoms with Crippen LogP contribution in [0.5, 0.6) is 23.0 Å². The highest BCUT2D eigenvalue weighted by molar-refractivity contribution is 8.14. The zero-order chi connectivity index (χ0) is 26.6. The number of hydrogen-bond donors (Lipinski definition) is 1. The second-order valence-electron chi connectivity index (χ2n) is 8.52. The molecule has 1 N–H and O–H groups in total. The SMILES string of the molecule is CCCc1cc(Oc2ccc(Cl)c(C)c2)ccc1OCCCOc1cccc(C)c1.O=C1CSC(=O)N1. The van der Waals surface area contributed by atoms with E-state index in [2.05, 4.69) is 31.3 Å². The Bertz CT molecular complexity index is 1200. The number of halogens is 1. The van der Waals surface area contributed by atoms with Crippen molar-refractivity contribution in [1.82, 2.24) is 5.32 Å². The molecule has 0 radical (unpaired) electrons. The Morgan fingerprint density at radius 3 is 2.32 bits per heavy atom. The highest BCUT2D eigenvalue weighted by atomic mass is 35.5. The molecule has 196 valence electrons. The van der Waals surface area contributed by atoms with E-state index >= 15 is 0 Å². The molecule has 0 aliphatic carbocycles. The van der Waals surface area contributed by atoms with Crippen LogP contribution in [-0.2, 0) is 11.2 Å². The summed E-state index contributed by atoms with van der Waals surface area (Å²) in [5.74, 6) is 3.50. The van der Waals surface area contributed by atoms with Gasteiger partial charge in [-0.1, -0.05) is 48.8 Å². The van der Waals surface area contributed by atoms with Crippen molar-refractivity contribution in [3.63, 3.8) is 0 Å². The number of ether oxygens (including phenoxy) is 3. The van der Waals surface area contributed by atoms with Gasteiger partial charge in [-0.05, 0) is 85.5 Å². The lowest BCUT2D eigenvalue weighted by molar-refractivity contribution is -0.117. The van der Waals surface area contributed by atoms with E-state index in [1.165, 1.54) is 5.56 Å². The third-order valence-corrected chi connectivity index (χ3v) is 6.49. The number of amides is 2. The zero-order valence-electron chi connectivity index (χ0n) is 21.3. The highest BCUT2D eigenvalue weighted by Crippen LogP contribution is 2.30. The lowest BCUT2D eigenvalue weighted by atomic mass is 10.1. The van der Waals surface area contributed by atoms with Gasteiger partial charge in [0.25, 0.3) is 5.24 Å². The predicted octanol–water partition coefficient (Wildman–Crippen LogP) is 7.52. The van der Waals surface area contributed by atoms with Gasteiger partial charge >= 0.3 is 0 Å². The van der Waals surface area contributed by atoms with Gasteiger partial charge in [0.1, 0.15) is 23.0 Å². The molecule has 1 aliphatic rings. The smallest absolute Gasteiger partial charge is 0.286 e. The van der Waals surface area contributed by atoms with E-state index in [9.17, 15) is 9.59 Å². The Balaban J connectivity index is 0.000000468. The summed E-state index contributed by atoms with van der Waals surface area (Å²) in [6, 6.07) is 19.8. The lowest BCUT2D eigenvalue weighted by Gasteiger charge is -2.14. The number of carbonyl (C=O) groups excluding carboxylic acids is 2. The molecule has 0 saturated carbocycles. The summed E-state index contributed by atoms with van der Waals surface area (Å²) < 4.78 is 17.9. The first-order valence-corrected chi connectivity index (χ1v) is 13.6. The number of rotatable bonds is 10. The number of nitrogens with one attached hydrogen (secondary N) is 1. The predicted molar refractivity (Wildman–Crippen MR) is 149 cm³/mol. The van der Waals surface area contributed by atoms with Crippen LogP contribution >= 0.6 is 23.4 Å². The zero-order valence-corrected chi connectivity index (χ0v) is 22.9. The second-order valence-corrected chi connectivity index (χ2v) is 9.88. The molecule has 1 aliphatic heterocycles. The minimum Gasteiger partial charge on any atom is -0.493 e. The average Bonchev–Trinajstić information content (AvgIpc) is 3.25. The van der Waals surface area contributed by atoms with Crippen LogP contribution in [0.3, 0.4) is 0 Å². The van der Waals surface area contributed by atoms with Crippen molar-refractivity contribution in [2.24, 2.45) is 0 Å². The molecule has 2 amide bonds. The van der Waals surface area contributed by atoms with Crippen molar-refractivity contribution in [2.75, 3.05) is 19.0 Å². The maximum Gasteiger partial charge on any atom is 0.286 e. The van der Waals surface area contributed by atoms with E-state index in [-0.39, 0.29) is 11.1 Å². The van der Waals surface area contributed by atoms with Crippen molar-refractivity contribution in [3.05, 3.63) is 82.4 Å². The monoisotopic (exact) mass is 541 g/mol. The Kier molecular flexibility index (Phi) is 11.2. The van der Waals surface area contributed by atoms with Gasteiger partial charge in [0.15, 0.2) is 0 Å². The lowest BCUT2D eigenvalue weighted by Crippen LogP contribution is -2.18. The fraction of sp³-hybridized carbons (Fsp3) is 0.310. The molecule has 6 nitrogen and oxygen atoms in total. The normalized spacial score (nSPS) is 12.4. The molecule has 37 heavy (non-hydrogen) atoms. The molecular weight excluding hydrogens is 510 g/mol. The van der Waals surface area contributed by atoms with Gasteiger partial charge in [-0.15, -0.1) is 0 Å². The van der Waals surface area contributed by atoms with Crippen molar-refractivity contribution < 1.29 is 23.8 Å². The highest BCUT2D eigenvalue weighted by Gasteiger charge is 2.16. The summed E-state index contributed by atoms with van der Waals surface area (Å²) in [6.45, 7) is 7.43. The summed E-state index contributed by atoms with van der Waals surface area (Å²) in [6.07, 6.45) is 2.80. The molecule has 1 heterocycles. The molecule has 4 rings (SSSR count). The van der Waals surface area contributed by atoms with Gasteiger partial charge < -0.3 is 14.2 Å². The quantitative estimate of drug-likeness (QED) is 0.267. The van der Waals surface area contributed by atoms with E-state index < -0.39 is 0 Å². The second kappa shape index (κ2) is 14.5. The van der Waals surface area contributed by atoms with Crippen molar-refractivity contribution in [2.45, 2.75) is 40.0 Å². The first-order chi connectivity index (χ1) is 17.8. The number of imide groups is 1. The number of aryl methyl sites for hydroxylation is 3. The Hall–Kier alpha value is -3.16. The minimum atomic E-state index is -0.231. The molecule has 1 saturated heterocycles. The topological polar surface area (TPSA) is 73.9 Å². The van der Waals surface area contributed by atoms with Crippen LogP contribution in [0.4, 0.5) is 4.79 Å². The van der Waals surface area contributed by atoms with Crippen LogP contribution in [0, 0.1) is 13.8 Å². The van der Waals surface area contributed by atoms with Crippen LogP contribution in [0.2, 0.25) is 5.02 Å². The number of hydrogen-bond acceptors (Lipinski definition) is 6. The Morgan fingerprint density at radius 2 is 1.68 bits per heavy atom. The van der Waals surface area contributed by atoms with Gasteiger partial charge in [-0.25, -0.2) is 0 Å². The van der Waals surface area contributed by atoms with Gasteiger partial charge in [-0.3, -0.25) is 14.9 Å². The van der Waals surface area contributed by atoms with Crippen molar-refractivity contribution >= 4 is 34.5 Å².